The molecule has 0 fully saturated rings. The zero-order chi connectivity index (χ0) is 24.2. The normalized spacial score (nSPS) is 13.3. The minimum absolute atomic E-state index is 0.161. The van der Waals surface area contributed by atoms with Crippen LogP contribution in [-0.4, -0.2) is 45.5 Å². The lowest BCUT2D eigenvalue weighted by Crippen LogP contribution is -2.17. The molecule has 34 heavy (non-hydrogen) atoms. The third-order valence-electron chi connectivity index (χ3n) is 6.18. The lowest BCUT2D eigenvalue weighted by Gasteiger charge is -2.23. The molecular formula is C23H23F3N8. The van der Waals surface area contributed by atoms with Crippen molar-refractivity contribution in [1.82, 2.24) is 39.3 Å². The van der Waals surface area contributed by atoms with Crippen LogP contribution in [0.15, 0.2) is 36.8 Å². The molecular weight excluding hydrogens is 445 g/mol. The molecule has 8 nitrogen and oxygen atoms in total. The SMILES string of the molecule is Cc1cccnc1C(CCC(F)(F)F)n1c2cc(-c3c(C)nnn3C)cnc2c2c1cnn2C. The molecule has 1 unspecified atom stereocenters. The van der Waals surface area contributed by atoms with Crippen molar-refractivity contribution >= 4 is 22.1 Å². The van der Waals surface area contributed by atoms with Gasteiger partial charge >= 0.3 is 6.18 Å². The number of alkyl halides is 3. The van der Waals surface area contributed by atoms with Gasteiger partial charge in [0.25, 0.3) is 0 Å². The minimum atomic E-state index is -4.29. The molecule has 1 atom stereocenters. The molecule has 0 aliphatic rings. The fourth-order valence-electron chi connectivity index (χ4n) is 4.68. The molecule has 0 spiro atoms. The Labute approximate surface area is 193 Å². The number of fused-ring (bicyclic) bond motifs is 3. The van der Waals surface area contributed by atoms with Crippen LogP contribution < -0.4 is 0 Å². The number of aromatic nitrogens is 8. The quantitative estimate of drug-likeness (QED) is 0.375. The van der Waals surface area contributed by atoms with Crippen molar-refractivity contribution in [2.45, 2.75) is 38.9 Å². The second-order valence-corrected chi connectivity index (χ2v) is 8.49. The predicted octanol–water partition coefficient (Wildman–Crippen LogP) is 4.66. The van der Waals surface area contributed by atoms with Gasteiger partial charge in [0.2, 0.25) is 0 Å². The maximum atomic E-state index is 13.4. The molecule has 5 aromatic heterocycles. The van der Waals surface area contributed by atoms with Crippen molar-refractivity contribution in [3.8, 4) is 11.3 Å². The van der Waals surface area contributed by atoms with E-state index < -0.39 is 18.6 Å². The second-order valence-electron chi connectivity index (χ2n) is 8.49. The van der Waals surface area contributed by atoms with E-state index in [0.29, 0.717) is 22.2 Å². The topological polar surface area (TPSA) is 79.2 Å². The first-order valence-corrected chi connectivity index (χ1v) is 10.8. The highest BCUT2D eigenvalue weighted by Crippen LogP contribution is 2.38. The fraction of sp³-hybridized carbons (Fsp3) is 0.348. The summed E-state index contributed by atoms with van der Waals surface area (Å²) >= 11 is 0. The van der Waals surface area contributed by atoms with Crippen LogP contribution in [0.3, 0.4) is 0 Å². The molecule has 11 heteroatoms. The molecule has 0 saturated carbocycles. The average molecular weight is 468 g/mol. The van der Waals surface area contributed by atoms with Crippen molar-refractivity contribution in [3.05, 3.63) is 53.7 Å². The molecule has 0 N–H and O–H groups in total. The van der Waals surface area contributed by atoms with Gasteiger partial charge in [0.05, 0.1) is 40.4 Å². The Morgan fingerprint density at radius 3 is 2.50 bits per heavy atom. The van der Waals surface area contributed by atoms with Gasteiger partial charge in [-0.2, -0.15) is 18.3 Å². The highest BCUT2D eigenvalue weighted by atomic mass is 19.4. The molecule has 5 heterocycles. The zero-order valence-electron chi connectivity index (χ0n) is 19.2. The molecule has 0 bridgehead atoms. The molecule has 176 valence electrons. The summed E-state index contributed by atoms with van der Waals surface area (Å²) < 4.78 is 45.4. The van der Waals surface area contributed by atoms with E-state index in [1.165, 1.54) is 0 Å². The summed E-state index contributed by atoms with van der Waals surface area (Å²) in [6.45, 7) is 3.72. The molecule has 0 aliphatic heterocycles. The Morgan fingerprint density at radius 2 is 1.82 bits per heavy atom. The fourth-order valence-corrected chi connectivity index (χ4v) is 4.68. The number of aryl methyl sites for hydroxylation is 4. The smallest absolute Gasteiger partial charge is 0.327 e. The summed E-state index contributed by atoms with van der Waals surface area (Å²) in [5.41, 5.74) is 6.57. The van der Waals surface area contributed by atoms with Gasteiger partial charge in [-0.1, -0.05) is 11.3 Å². The number of halogens is 3. The van der Waals surface area contributed by atoms with E-state index in [2.05, 4.69) is 20.4 Å². The van der Waals surface area contributed by atoms with E-state index in [1.807, 2.05) is 30.5 Å². The van der Waals surface area contributed by atoms with E-state index in [0.717, 1.165) is 28.0 Å². The van der Waals surface area contributed by atoms with Crippen LogP contribution in [0.1, 0.15) is 35.8 Å². The first kappa shape index (κ1) is 22.1. The number of nitrogens with zero attached hydrogens (tertiary/aromatic N) is 8. The summed E-state index contributed by atoms with van der Waals surface area (Å²) in [5.74, 6) is 0. The number of pyridine rings is 2. The van der Waals surface area contributed by atoms with Crippen molar-refractivity contribution in [2.24, 2.45) is 14.1 Å². The zero-order valence-corrected chi connectivity index (χ0v) is 19.2. The molecule has 0 saturated heterocycles. The maximum absolute atomic E-state index is 13.4. The van der Waals surface area contributed by atoms with E-state index in [1.54, 1.807) is 48.1 Å². The van der Waals surface area contributed by atoms with Crippen LogP contribution in [0.4, 0.5) is 13.2 Å². The van der Waals surface area contributed by atoms with Crippen molar-refractivity contribution in [2.75, 3.05) is 0 Å². The van der Waals surface area contributed by atoms with Gasteiger partial charge < -0.3 is 4.57 Å². The largest absolute Gasteiger partial charge is 0.389 e. The molecule has 0 aromatic carbocycles. The highest BCUT2D eigenvalue weighted by Gasteiger charge is 2.32. The van der Waals surface area contributed by atoms with Gasteiger partial charge in [0.1, 0.15) is 11.0 Å². The second kappa shape index (κ2) is 7.93. The van der Waals surface area contributed by atoms with Crippen LogP contribution in [0.2, 0.25) is 0 Å². The average Bonchev–Trinajstić information content (AvgIpc) is 3.42. The standard InChI is InChI=1S/C23H23F3N8/c1-13-6-5-9-27-19(13)16(7-8-23(24,25)26)34-17-10-15(21-14(2)30-31-33(21)4)11-28-20(17)22-18(34)12-29-32(22)3/h5-6,9-12,16H,7-8H2,1-4H3. The molecule has 0 aliphatic carbocycles. The Balaban J connectivity index is 1.81. The highest BCUT2D eigenvalue weighted by molar-refractivity contribution is 6.04. The molecule has 5 rings (SSSR count). The minimum Gasteiger partial charge on any atom is -0.327 e. The van der Waals surface area contributed by atoms with Crippen LogP contribution in [0.25, 0.3) is 33.3 Å². The number of hydrogen-bond donors (Lipinski definition) is 0. The first-order chi connectivity index (χ1) is 16.2. The Bertz CT molecular complexity index is 1490. The van der Waals surface area contributed by atoms with Gasteiger partial charge in [0.15, 0.2) is 0 Å². The van der Waals surface area contributed by atoms with Crippen molar-refractivity contribution in [3.63, 3.8) is 0 Å². The lowest BCUT2D eigenvalue weighted by molar-refractivity contribution is -0.136. The van der Waals surface area contributed by atoms with Gasteiger partial charge in [-0.05, 0) is 38.0 Å². The number of hydrogen-bond acceptors (Lipinski definition) is 5. The van der Waals surface area contributed by atoms with Gasteiger partial charge in [-0.3, -0.25) is 14.6 Å². The predicted molar refractivity (Wildman–Crippen MR) is 121 cm³/mol. The third-order valence-corrected chi connectivity index (χ3v) is 6.18. The van der Waals surface area contributed by atoms with Crippen LogP contribution in [-0.2, 0) is 14.1 Å². The van der Waals surface area contributed by atoms with Gasteiger partial charge in [0, 0.05) is 38.5 Å². The summed E-state index contributed by atoms with van der Waals surface area (Å²) in [5, 5.41) is 12.6. The van der Waals surface area contributed by atoms with E-state index in [-0.39, 0.29) is 6.42 Å². The summed E-state index contributed by atoms with van der Waals surface area (Å²) in [4.78, 5) is 9.21. The van der Waals surface area contributed by atoms with E-state index in [4.69, 9.17) is 4.98 Å². The monoisotopic (exact) mass is 468 g/mol. The summed E-state index contributed by atoms with van der Waals surface area (Å²) in [6.07, 6.45) is -0.366. The summed E-state index contributed by atoms with van der Waals surface area (Å²) in [7, 11) is 3.59. The molecule has 5 aromatic rings. The van der Waals surface area contributed by atoms with E-state index in [9.17, 15) is 13.2 Å². The van der Waals surface area contributed by atoms with Crippen LogP contribution in [0, 0.1) is 13.8 Å². The molecule has 0 radical (unpaired) electrons. The van der Waals surface area contributed by atoms with E-state index >= 15 is 0 Å². The van der Waals surface area contributed by atoms with Gasteiger partial charge in [-0.15, -0.1) is 5.10 Å². The van der Waals surface area contributed by atoms with Gasteiger partial charge in [-0.25, -0.2) is 4.68 Å². The third kappa shape index (κ3) is 3.61. The Morgan fingerprint density at radius 1 is 1.03 bits per heavy atom. The first-order valence-electron chi connectivity index (χ1n) is 10.8. The summed E-state index contributed by atoms with van der Waals surface area (Å²) in [6, 6.07) is 4.93. The van der Waals surface area contributed by atoms with Crippen molar-refractivity contribution in [1.29, 1.82) is 0 Å². The van der Waals surface area contributed by atoms with Crippen LogP contribution >= 0.6 is 0 Å². The lowest BCUT2D eigenvalue weighted by atomic mass is 10.0. The molecule has 0 amide bonds. The Hall–Kier alpha value is -3.76. The van der Waals surface area contributed by atoms with Crippen LogP contribution in [0.5, 0.6) is 0 Å². The maximum Gasteiger partial charge on any atom is 0.389 e. The Kier molecular flexibility index (Phi) is 5.14. The van der Waals surface area contributed by atoms with Crippen molar-refractivity contribution < 1.29 is 13.2 Å². The number of rotatable bonds is 5.